The highest BCUT2D eigenvalue weighted by atomic mass is 16.6. The number of carbonyl (C=O) groups is 3. The van der Waals surface area contributed by atoms with Gasteiger partial charge in [0.1, 0.15) is 12.1 Å². The van der Waals surface area contributed by atoms with Gasteiger partial charge in [-0.2, -0.15) is 5.10 Å². The number of nitrogens with zero attached hydrogens (tertiary/aromatic N) is 4. The molecule has 3 amide bonds. The zero-order chi connectivity index (χ0) is 18.4. The van der Waals surface area contributed by atoms with Gasteiger partial charge in [0.15, 0.2) is 0 Å². The van der Waals surface area contributed by atoms with Gasteiger partial charge in [-0.25, -0.2) is 4.79 Å². The highest BCUT2D eigenvalue weighted by Crippen LogP contribution is 2.28. The summed E-state index contributed by atoms with van der Waals surface area (Å²) in [4.78, 5) is 39.3. The Hall–Kier alpha value is -2.58. The Balaban J connectivity index is 1.86. The van der Waals surface area contributed by atoms with E-state index >= 15 is 0 Å². The van der Waals surface area contributed by atoms with Crippen LogP contribution in [0.25, 0.3) is 0 Å². The fourth-order valence-corrected chi connectivity index (χ4v) is 2.95. The number of ether oxygens (including phenoxy) is 1. The summed E-state index contributed by atoms with van der Waals surface area (Å²) < 4.78 is 7.25. The fourth-order valence-electron chi connectivity index (χ4n) is 2.95. The van der Waals surface area contributed by atoms with E-state index in [2.05, 4.69) is 10.4 Å². The van der Waals surface area contributed by atoms with Crippen LogP contribution in [-0.4, -0.2) is 57.3 Å². The maximum atomic E-state index is 12.5. The molecule has 9 nitrogen and oxygen atoms in total. The molecule has 1 N–H and O–H groups in total. The monoisotopic (exact) mass is 349 g/mol. The minimum atomic E-state index is -0.585. The molecule has 136 valence electrons. The van der Waals surface area contributed by atoms with Gasteiger partial charge in [0, 0.05) is 0 Å². The van der Waals surface area contributed by atoms with Gasteiger partial charge in [0.25, 0.3) is 0 Å². The van der Waals surface area contributed by atoms with E-state index in [1.807, 2.05) is 27.7 Å². The number of rotatable bonds is 1. The summed E-state index contributed by atoms with van der Waals surface area (Å²) in [5.74, 6) is -0.412. The summed E-state index contributed by atoms with van der Waals surface area (Å²) in [6.45, 7) is 8.09. The minimum absolute atomic E-state index is 0.0321. The Kier molecular flexibility index (Phi) is 4.18. The van der Waals surface area contributed by atoms with Gasteiger partial charge < -0.3 is 10.1 Å². The lowest BCUT2D eigenvalue weighted by atomic mass is 10.1. The Morgan fingerprint density at radius 3 is 2.72 bits per heavy atom. The van der Waals surface area contributed by atoms with Crippen molar-refractivity contribution < 1.29 is 19.1 Å². The molecule has 0 saturated carbocycles. The average Bonchev–Trinajstić information content (AvgIpc) is 2.89. The van der Waals surface area contributed by atoms with Gasteiger partial charge in [0.05, 0.1) is 43.3 Å². The molecule has 3 rings (SSSR count). The van der Waals surface area contributed by atoms with Gasteiger partial charge in [-0.3, -0.25) is 24.1 Å². The SMILES string of the molecule is CC1Cn2ncc(N3CC(=O)NCC3=O)c2CN1C(=O)OC(C)(C)C. The van der Waals surface area contributed by atoms with E-state index < -0.39 is 11.7 Å². The number of fused-ring (bicyclic) bond motifs is 1. The second-order valence-corrected chi connectivity index (χ2v) is 7.37. The van der Waals surface area contributed by atoms with Crippen LogP contribution in [0, 0.1) is 0 Å². The van der Waals surface area contributed by atoms with Crippen molar-refractivity contribution in [1.29, 1.82) is 0 Å². The lowest BCUT2D eigenvalue weighted by molar-refractivity contribution is -0.128. The van der Waals surface area contributed by atoms with E-state index in [1.54, 1.807) is 15.8 Å². The molecule has 3 heterocycles. The molecule has 0 aliphatic carbocycles. The van der Waals surface area contributed by atoms with Crippen molar-refractivity contribution in [3.8, 4) is 0 Å². The second-order valence-electron chi connectivity index (χ2n) is 7.37. The predicted octanol–water partition coefficient (Wildman–Crippen LogP) is 0.485. The van der Waals surface area contributed by atoms with Crippen LogP contribution in [0.2, 0.25) is 0 Å². The molecule has 0 aromatic carbocycles. The molecule has 1 fully saturated rings. The first-order valence-electron chi connectivity index (χ1n) is 8.27. The van der Waals surface area contributed by atoms with E-state index in [1.165, 1.54) is 4.90 Å². The number of hydrogen-bond donors (Lipinski definition) is 1. The third kappa shape index (κ3) is 3.45. The smallest absolute Gasteiger partial charge is 0.410 e. The van der Waals surface area contributed by atoms with Crippen molar-refractivity contribution in [3.63, 3.8) is 0 Å². The van der Waals surface area contributed by atoms with Crippen LogP contribution in [0.1, 0.15) is 33.4 Å². The summed E-state index contributed by atoms with van der Waals surface area (Å²) >= 11 is 0. The number of piperazine rings is 1. The standard InChI is InChI=1S/C16H23N5O4/c1-10-7-21-12(8-19(10)15(24)25-16(2,3)4)11(5-18-21)20-9-13(22)17-6-14(20)23/h5,10H,6-9H2,1-4H3,(H,17,22). The van der Waals surface area contributed by atoms with Gasteiger partial charge in [-0.05, 0) is 27.7 Å². The molecule has 0 radical (unpaired) electrons. The van der Waals surface area contributed by atoms with Crippen LogP contribution >= 0.6 is 0 Å². The predicted molar refractivity (Wildman–Crippen MR) is 88.8 cm³/mol. The minimum Gasteiger partial charge on any atom is -0.444 e. The lowest BCUT2D eigenvalue weighted by Crippen LogP contribution is -2.52. The number of nitrogens with one attached hydrogen (secondary N) is 1. The third-order valence-electron chi connectivity index (χ3n) is 4.17. The van der Waals surface area contributed by atoms with Gasteiger partial charge in [0.2, 0.25) is 11.8 Å². The van der Waals surface area contributed by atoms with E-state index in [4.69, 9.17) is 4.74 Å². The normalized spacial score (nSPS) is 21.0. The molecule has 2 aliphatic heterocycles. The van der Waals surface area contributed by atoms with Crippen molar-refractivity contribution in [3.05, 3.63) is 11.9 Å². The molecular formula is C16H23N5O4. The number of carbonyl (C=O) groups excluding carboxylic acids is 3. The largest absolute Gasteiger partial charge is 0.444 e. The first kappa shape index (κ1) is 17.2. The second kappa shape index (κ2) is 6.05. The van der Waals surface area contributed by atoms with Crippen LogP contribution in [-0.2, 0) is 27.4 Å². The summed E-state index contributed by atoms with van der Waals surface area (Å²) in [7, 11) is 0. The van der Waals surface area contributed by atoms with Gasteiger partial charge >= 0.3 is 6.09 Å². The average molecular weight is 349 g/mol. The number of hydrogen-bond acceptors (Lipinski definition) is 5. The Morgan fingerprint density at radius 2 is 2.04 bits per heavy atom. The summed E-state index contributed by atoms with van der Waals surface area (Å²) in [6.07, 6.45) is 1.18. The van der Waals surface area contributed by atoms with Crippen LogP contribution < -0.4 is 10.2 Å². The van der Waals surface area contributed by atoms with Crippen LogP contribution in [0.5, 0.6) is 0 Å². The molecule has 0 bridgehead atoms. The number of anilines is 1. The Morgan fingerprint density at radius 1 is 1.32 bits per heavy atom. The highest BCUT2D eigenvalue weighted by Gasteiger charge is 2.35. The Bertz CT molecular complexity index is 721. The fraction of sp³-hybridized carbons (Fsp3) is 0.625. The van der Waals surface area contributed by atoms with Gasteiger partial charge in [-0.15, -0.1) is 0 Å². The number of amides is 3. The molecule has 1 aromatic rings. The zero-order valence-corrected chi connectivity index (χ0v) is 14.9. The molecule has 25 heavy (non-hydrogen) atoms. The Labute approximate surface area is 145 Å². The molecule has 1 saturated heterocycles. The maximum absolute atomic E-state index is 12.5. The topological polar surface area (TPSA) is 96.8 Å². The third-order valence-corrected chi connectivity index (χ3v) is 4.17. The van der Waals surface area contributed by atoms with Gasteiger partial charge in [-0.1, -0.05) is 0 Å². The maximum Gasteiger partial charge on any atom is 0.410 e. The molecule has 9 heteroatoms. The summed E-state index contributed by atoms with van der Waals surface area (Å²) in [5.41, 5.74) is 0.713. The van der Waals surface area contributed by atoms with Crippen molar-refractivity contribution in [2.24, 2.45) is 0 Å². The highest BCUT2D eigenvalue weighted by molar-refractivity contribution is 6.04. The summed E-state index contributed by atoms with van der Waals surface area (Å²) in [6, 6.07) is -0.0875. The van der Waals surface area contributed by atoms with Crippen LogP contribution in [0.15, 0.2) is 6.20 Å². The molecule has 0 spiro atoms. The molecule has 2 aliphatic rings. The van der Waals surface area contributed by atoms with E-state index in [-0.39, 0.29) is 37.5 Å². The summed E-state index contributed by atoms with van der Waals surface area (Å²) in [5, 5.41) is 6.84. The first-order chi connectivity index (χ1) is 11.7. The van der Waals surface area contributed by atoms with Crippen molar-refractivity contribution in [2.45, 2.75) is 52.4 Å². The van der Waals surface area contributed by atoms with E-state index in [0.29, 0.717) is 12.2 Å². The van der Waals surface area contributed by atoms with E-state index in [9.17, 15) is 14.4 Å². The van der Waals surface area contributed by atoms with Crippen LogP contribution in [0.4, 0.5) is 10.5 Å². The van der Waals surface area contributed by atoms with E-state index in [0.717, 1.165) is 5.69 Å². The molecule has 1 aromatic heterocycles. The van der Waals surface area contributed by atoms with Crippen molar-refractivity contribution >= 4 is 23.6 Å². The number of aromatic nitrogens is 2. The first-order valence-corrected chi connectivity index (χ1v) is 8.27. The lowest BCUT2D eigenvalue weighted by Gasteiger charge is -2.36. The van der Waals surface area contributed by atoms with Crippen molar-refractivity contribution in [1.82, 2.24) is 20.0 Å². The van der Waals surface area contributed by atoms with Crippen LogP contribution in [0.3, 0.4) is 0 Å². The molecule has 1 atom stereocenters. The quantitative estimate of drug-likeness (QED) is 0.796. The van der Waals surface area contributed by atoms with Crippen molar-refractivity contribution in [2.75, 3.05) is 18.0 Å². The molecular weight excluding hydrogens is 326 g/mol. The zero-order valence-electron chi connectivity index (χ0n) is 14.9. The molecule has 1 unspecified atom stereocenters.